The molecule has 0 N–H and O–H groups in total. The van der Waals surface area contributed by atoms with Gasteiger partial charge in [0.25, 0.3) is 0 Å². The van der Waals surface area contributed by atoms with E-state index in [9.17, 15) is 0 Å². The molecule has 0 aliphatic carbocycles. The summed E-state index contributed by atoms with van der Waals surface area (Å²) in [6, 6.07) is 109. The summed E-state index contributed by atoms with van der Waals surface area (Å²) in [7, 11) is 0. The Morgan fingerprint density at radius 2 is 0.638 bits per heavy atom. The molecule has 0 amide bonds. The number of halogens is 2. The summed E-state index contributed by atoms with van der Waals surface area (Å²) in [4.78, 5) is 31.1. The van der Waals surface area contributed by atoms with Crippen molar-refractivity contribution in [2.45, 2.75) is 89.6 Å². The molecule has 578 valence electrons. The van der Waals surface area contributed by atoms with Crippen LogP contribution in [-0.4, -0.2) is 24.1 Å². The predicted octanol–water partition coefficient (Wildman–Crippen LogP) is 23.1. The first-order valence-corrected chi connectivity index (χ1v) is 39.6. The minimum atomic E-state index is -1.44. The number of carbonyl (C=O) groups is 2. The van der Waals surface area contributed by atoms with Crippen molar-refractivity contribution in [3.8, 4) is 57.5 Å². The molecule has 0 fully saturated rings. The number of benzene rings is 14. The summed E-state index contributed by atoms with van der Waals surface area (Å²) < 4.78 is 86.4. The molecule has 14 aromatic rings. The number of hydrogen-bond acceptors (Lipinski definition) is 14. The van der Waals surface area contributed by atoms with Crippen LogP contribution in [-0.2, 0) is 68.7 Å². The Bertz CT molecular complexity index is 5610. The van der Waals surface area contributed by atoms with Gasteiger partial charge < -0.3 is 56.8 Å². The number of ether oxygens (including phenoxy) is 12. The van der Waals surface area contributed by atoms with E-state index in [0.717, 1.165) is 44.5 Å². The molecular weight excluding hydrogens is 1540 g/mol. The van der Waals surface area contributed by atoms with Gasteiger partial charge >= 0.3 is 11.9 Å². The van der Waals surface area contributed by atoms with E-state index < -0.39 is 42.3 Å². The number of carbonyl (C=O) groups excluding carboxylic acids is 2. The third-order valence-corrected chi connectivity index (χ3v) is 21.2. The minimum absolute atomic E-state index is 0.0158. The Morgan fingerprint density at radius 1 is 0.319 bits per heavy atom. The predicted molar refractivity (Wildman–Crippen MR) is 448 cm³/mol. The maximum absolute atomic E-state index is 15.9. The fourth-order valence-corrected chi connectivity index (χ4v) is 15.1. The lowest BCUT2D eigenvalue weighted by molar-refractivity contribution is -0.0283. The molecule has 2 aliphatic heterocycles. The fraction of sp³-hybridized carbons (Fsp3) is 0.140. The van der Waals surface area contributed by atoms with Gasteiger partial charge in [0, 0.05) is 40.3 Å². The number of hydrogen-bond donors (Lipinski definition) is 0. The van der Waals surface area contributed by atoms with E-state index in [1.807, 2.05) is 297 Å². The SMILES string of the molecule is O=C(O[C@H]1[C@H](c2c(OCc3ccccc3)c(Cl)c3c(c2OCc2ccccc2)C[C@H](OC(=O)c2ccccc2)[C@@H](c2ccc(OCc4ccccc4)c(OCc4ccccc4)c2)O3)c2c(OCc3ccccc3)cc(OCc3ccccc3)c(Br)c2O[C@@H]1c1ccc(OCc2ccccc2)c(OCc2ccccc2)c1)c1ccccc1. The number of fused-ring (bicyclic) bond motifs is 2. The van der Waals surface area contributed by atoms with E-state index in [-0.39, 0.29) is 98.6 Å². The van der Waals surface area contributed by atoms with Crippen molar-refractivity contribution in [3.63, 3.8) is 0 Å². The normalized spacial score (nSPS) is 15.2. The van der Waals surface area contributed by atoms with Gasteiger partial charge in [-0.15, -0.1) is 0 Å². The van der Waals surface area contributed by atoms with E-state index in [1.165, 1.54) is 0 Å². The molecule has 14 nitrogen and oxygen atoms in total. The molecule has 2 aliphatic rings. The highest BCUT2D eigenvalue weighted by Gasteiger charge is 2.51. The van der Waals surface area contributed by atoms with Gasteiger partial charge in [-0.1, -0.05) is 303 Å². The van der Waals surface area contributed by atoms with Gasteiger partial charge in [0.1, 0.15) is 103 Å². The molecular formula is C100H80BrClO14. The van der Waals surface area contributed by atoms with E-state index in [2.05, 4.69) is 15.9 Å². The molecule has 0 bridgehead atoms. The van der Waals surface area contributed by atoms with Crippen LogP contribution in [0.2, 0.25) is 5.02 Å². The van der Waals surface area contributed by atoms with Crippen molar-refractivity contribution in [2.75, 3.05) is 0 Å². The van der Waals surface area contributed by atoms with Crippen LogP contribution >= 0.6 is 27.5 Å². The summed E-state index contributed by atoms with van der Waals surface area (Å²) in [5.74, 6) is 0.421. The number of esters is 2. The number of rotatable bonds is 31. The molecule has 0 aromatic heterocycles. The Labute approximate surface area is 687 Å². The van der Waals surface area contributed by atoms with Crippen molar-refractivity contribution >= 4 is 39.5 Å². The second kappa shape index (κ2) is 37.2. The van der Waals surface area contributed by atoms with Crippen LogP contribution in [0.3, 0.4) is 0 Å². The Balaban J connectivity index is 0.955. The molecule has 116 heavy (non-hydrogen) atoms. The van der Waals surface area contributed by atoms with Gasteiger partial charge in [-0.3, -0.25) is 0 Å². The van der Waals surface area contributed by atoms with E-state index in [0.29, 0.717) is 66.6 Å². The van der Waals surface area contributed by atoms with E-state index in [1.54, 1.807) is 48.5 Å². The van der Waals surface area contributed by atoms with Gasteiger partial charge in [0.05, 0.1) is 17.0 Å². The van der Waals surface area contributed by atoms with Crippen molar-refractivity contribution in [1.29, 1.82) is 0 Å². The smallest absolute Gasteiger partial charge is 0.338 e. The highest BCUT2D eigenvalue weighted by molar-refractivity contribution is 9.10. The van der Waals surface area contributed by atoms with E-state index in [4.69, 9.17) is 68.4 Å². The average molecular weight is 1620 g/mol. The molecule has 0 saturated heterocycles. The van der Waals surface area contributed by atoms with Crippen LogP contribution in [0.4, 0.5) is 0 Å². The van der Waals surface area contributed by atoms with Crippen molar-refractivity contribution < 1.29 is 66.4 Å². The first-order valence-electron chi connectivity index (χ1n) is 38.4. The third kappa shape index (κ3) is 18.5. The van der Waals surface area contributed by atoms with Crippen LogP contribution < -0.4 is 47.4 Å². The largest absolute Gasteiger partial charge is 0.488 e. The average Bonchev–Trinajstić information content (AvgIpc) is 0.710. The summed E-state index contributed by atoms with van der Waals surface area (Å²) in [6.45, 7) is 0.912. The molecule has 2 heterocycles. The van der Waals surface area contributed by atoms with Crippen molar-refractivity contribution in [2.24, 2.45) is 0 Å². The molecule has 0 saturated carbocycles. The first kappa shape index (κ1) is 76.8. The van der Waals surface area contributed by atoms with Crippen molar-refractivity contribution in [1.82, 2.24) is 0 Å². The fourth-order valence-electron chi connectivity index (χ4n) is 14.3. The van der Waals surface area contributed by atoms with Gasteiger partial charge in [0.2, 0.25) is 0 Å². The molecule has 16 heteroatoms. The lowest BCUT2D eigenvalue weighted by Gasteiger charge is -2.43. The van der Waals surface area contributed by atoms with Gasteiger partial charge in [-0.25, -0.2) is 9.59 Å². The zero-order valence-electron chi connectivity index (χ0n) is 63.1. The Morgan fingerprint density at radius 3 is 1.03 bits per heavy atom. The van der Waals surface area contributed by atoms with Crippen LogP contribution in [0, 0.1) is 0 Å². The van der Waals surface area contributed by atoms with Gasteiger partial charge in [0.15, 0.2) is 41.3 Å². The standard InChI is InChI=1S/C100H80BrClO14/c101-90-85(110-64-72-41-21-6-22-42-72)58-84(109-63-71-39-19-5-20-40-71)87-88(98(116-100(104)76-49-29-10-30-50-76)93(115-96(87)90)78-52-54-81(106-60-68-33-13-2-14-34-68)83(56-78)108-62-70-37-17-4-18-38-70)89-94(111-65-73-43-23-7-24-44-73)79-57-86(113-99(103)75-47-27-9-28-48-75)92(114-95(79)91(102)97(89)112-66-74-45-25-8-26-46-74)77-51-53-80(105-59-67-31-11-1-12-32-67)82(55-77)107-61-69-35-15-3-16-36-69/h1-56,58,86,88,92-93,98H,57,59-66H2/t86-,88-,92+,93+,98-/m0/s1. The lowest BCUT2D eigenvalue weighted by atomic mass is 9.77. The second-order valence-corrected chi connectivity index (χ2v) is 29.2. The lowest BCUT2D eigenvalue weighted by Crippen LogP contribution is -2.40. The maximum atomic E-state index is 15.9. The van der Waals surface area contributed by atoms with Crippen molar-refractivity contribution in [3.05, 3.63) is 439 Å². The first-order chi connectivity index (χ1) is 57.2. The minimum Gasteiger partial charge on any atom is -0.488 e. The van der Waals surface area contributed by atoms with Crippen LogP contribution in [0.15, 0.2) is 350 Å². The zero-order valence-corrected chi connectivity index (χ0v) is 65.5. The third-order valence-electron chi connectivity index (χ3n) is 20.1. The summed E-state index contributed by atoms with van der Waals surface area (Å²) in [5, 5.41) is 0.0158. The molecule has 0 spiro atoms. The maximum Gasteiger partial charge on any atom is 0.338 e. The van der Waals surface area contributed by atoms with E-state index >= 15 is 9.59 Å². The summed E-state index contributed by atoms with van der Waals surface area (Å²) >= 11 is 12.6. The van der Waals surface area contributed by atoms with Gasteiger partial charge in [-0.05, 0) is 109 Å². The topological polar surface area (TPSA) is 145 Å². The Hall–Kier alpha value is -13.2. The molecule has 0 unspecified atom stereocenters. The molecule has 16 rings (SSSR count). The zero-order chi connectivity index (χ0) is 78.8. The molecule has 14 aromatic carbocycles. The van der Waals surface area contributed by atoms with Gasteiger partial charge in [-0.2, -0.15) is 0 Å². The highest BCUT2D eigenvalue weighted by Crippen LogP contribution is 2.63. The second-order valence-electron chi connectivity index (χ2n) is 28.0. The summed E-state index contributed by atoms with van der Waals surface area (Å²) in [6.07, 6.45) is -5.05. The quantitative estimate of drug-likeness (QED) is 0.0380. The van der Waals surface area contributed by atoms with Crippen LogP contribution in [0.5, 0.6) is 57.5 Å². The highest BCUT2D eigenvalue weighted by atomic mass is 79.9. The monoisotopic (exact) mass is 1620 g/mol. The van der Waals surface area contributed by atoms with Crippen LogP contribution in [0.1, 0.15) is 111 Å². The molecule has 0 radical (unpaired) electrons. The Kier molecular flexibility index (Phi) is 24.6. The van der Waals surface area contributed by atoms with Crippen LogP contribution in [0.25, 0.3) is 0 Å². The summed E-state index contributed by atoms with van der Waals surface area (Å²) in [5.41, 5.74) is 9.71. The molecule has 5 atom stereocenters.